The van der Waals surface area contributed by atoms with Crippen LogP contribution in [0.15, 0.2) is 24.3 Å². The first-order chi connectivity index (χ1) is 10.7. The van der Waals surface area contributed by atoms with Crippen LogP contribution in [0.1, 0.15) is 44.6 Å². The Morgan fingerprint density at radius 2 is 2.00 bits per heavy atom. The van der Waals surface area contributed by atoms with Gasteiger partial charge in [-0.1, -0.05) is 19.1 Å². The second kappa shape index (κ2) is 8.54. The molecule has 22 heavy (non-hydrogen) atoms. The zero-order valence-corrected chi connectivity index (χ0v) is 13.2. The minimum Gasteiger partial charge on any atom is -0.352 e. The summed E-state index contributed by atoms with van der Waals surface area (Å²) in [5, 5.41) is 9.11. The molecule has 1 saturated heterocycles. The summed E-state index contributed by atoms with van der Waals surface area (Å²) in [6, 6.07) is 7.92. The number of amides is 2. The van der Waals surface area contributed by atoms with Crippen molar-refractivity contribution in [1.29, 1.82) is 0 Å². The maximum atomic E-state index is 11.8. The quantitative estimate of drug-likeness (QED) is 0.723. The predicted octanol–water partition coefficient (Wildman–Crippen LogP) is 2.18. The van der Waals surface area contributed by atoms with Crippen LogP contribution in [0, 0.1) is 0 Å². The lowest BCUT2D eigenvalue weighted by Crippen LogP contribution is -2.31. The molecule has 1 aliphatic rings. The van der Waals surface area contributed by atoms with Gasteiger partial charge < -0.3 is 16.0 Å². The van der Waals surface area contributed by atoms with Gasteiger partial charge in [0, 0.05) is 31.1 Å². The van der Waals surface area contributed by atoms with Gasteiger partial charge in [0.15, 0.2) is 0 Å². The van der Waals surface area contributed by atoms with Crippen LogP contribution in [-0.2, 0) is 16.1 Å². The molecule has 0 aliphatic carbocycles. The van der Waals surface area contributed by atoms with Gasteiger partial charge in [0.2, 0.25) is 11.8 Å². The molecule has 0 aromatic heterocycles. The van der Waals surface area contributed by atoms with Crippen molar-refractivity contribution in [1.82, 2.24) is 10.6 Å². The Morgan fingerprint density at radius 3 is 2.64 bits per heavy atom. The van der Waals surface area contributed by atoms with Crippen molar-refractivity contribution >= 4 is 17.5 Å². The first-order valence-corrected chi connectivity index (χ1v) is 8.06. The van der Waals surface area contributed by atoms with Crippen molar-refractivity contribution in [3.8, 4) is 0 Å². The Balaban J connectivity index is 1.73. The molecule has 1 atom stereocenters. The van der Waals surface area contributed by atoms with Crippen LogP contribution in [0.4, 0.5) is 5.69 Å². The number of carbonyl (C=O) groups excluding carboxylic acids is 2. The molecule has 2 rings (SSSR count). The number of benzene rings is 1. The average molecular weight is 303 g/mol. The SMILES string of the molecule is CCCC(=O)Nc1ccc(CNC(=O)CC2CCCN2)cc1. The molecular weight excluding hydrogens is 278 g/mol. The third kappa shape index (κ3) is 5.48. The van der Waals surface area contributed by atoms with Crippen molar-refractivity contribution < 1.29 is 9.59 Å². The van der Waals surface area contributed by atoms with E-state index < -0.39 is 0 Å². The van der Waals surface area contributed by atoms with Crippen molar-refractivity contribution in [2.75, 3.05) is 11.9 Å². The van der Waals surface area contributed by atoms with E-state index in [2.05, 4.69) is 16.0 Å². The minimum atomic E-state index is 0.0348. The first kappa shape index (κ1) is 16.5. The largest absolute Gasteiger partial charge is 0.352 e. The first-order valence-electron chi connectivity index (χ1n) is 8.06. The second-order valence-electron chi connectivity index (χ2n) is 5.77. The van der Waals surface area contributed by atoms with Gasteiger partial charge in [0.25, 0.3) is 0 Å². The van der Waals surface area contributed by atoms with Crippen molar-refractivity contribution in [3.63, 3.8) is 0 Å². The summed E-state index contributed by atoms with van der Waals surface area (Å²) in [5.41, 5.74) is 1.82. The van der Waals surface area contributed by atoms with Gasteiger partial charge in [-0.15, -0.1) is 0 Å². The van der Waals surface area contributed by atoms with E-state index in [0.29, 0.717) is 25.4 Å². The number of hydrogen-bond donors (Lipinski definition) is 3. The number of nitrogens with one attached hydrogen (secondary N) is 3. The van der Waals surface area contributed by atoms with Crippen LogP contribution in [-0.4, -0.2) is 24.4 Å². The number of carbonyl (C=O) groups is 2. The number of hydrogen-bond acceptors (Lipinski definition) is 3. The maximum absolute atomic E-state index is 11.8. The highest BCUT2D eigenvalue weighted by atomic mass is 16.2. The molecular formula is C17H25N3O2. The maximum Gasteiger partial charge on any atom is 0.224 e. The highest BCUT2D eigenvalue weighted by molar-refractivity contribution is 5.90. The smallest absolute Gasteiger partial charge is 0.224 e. The molecule has 1 fully saturated rings. The van der Waals surface area contributed by atoms with Crippen LogP contribution in [0.2, 0.25) is 0 Å². The Labute approximate surface area is 131 Å². The Hall–Kier alpha value is -1.88. The molecule has 1 unspecified atom stereocenters. The van der Waals surface area contributed by atoms with Gasteiger partial charge in [-0.05, 0) is 43.5 Å². The Morgan fingerprint density at radius 1 is 1.23 bits per heavy atom. The van der Waals surface area contributed by atoms with E-state index in [1.54, 1.807) is 0 Å². The average Bonchev–Trinajstić information content (AvgIpc) is 3.00. The monoisotopic (exact) mass is 303 g/mol. The zero-order chi connectivity index (χ0) is 15.8. The third-order valence-corrected chi connectivity index (χ3v) is 3.80. The van der Waals surface area contributed by atoms with Crippen LogP contribution < -0.4 is 16.0 Å². The summed E-state index contributed by atoms with van der Waals surface area (Å²) in [6.45, 7) is 3.52. The topological polar surface area (TPSA) is 70.2 Å². The fourth-order valence-electron chi connectivity index (χ4n) is 2.58. The van der Waals surface area contributed by atoms with E-state index in [1.165, 1.54) is 0 Å². The van der Waals surface area contributed by atoms with Crippen molar-refractivity contribution in [2.45, 2.75) is 51.6 Å². The number of rotatable bonds is 7. The zero-order valence-electron chi connectivity index (χ0n) is 13.2. The van der Waals surface area contributed by atoms with Gasteiger partial charge in [-0.3, -0.25) is 9.59 Å². The van der Waals surface area contributed by atoms with E-state index in [9.17, 15) is 9.59 Å². The van der Waals surface area contributed by atoms with E-state index in [1.807, 2.05) is 31.2 Å². The summed E-state index contributed by atoms with van der Waals surface area (Å²) >= 11 is 0. The molecule has 0 radical (unpaired) electrons. The second-order valence-corrected chi connectivity index (χ2v) is 5.77. The normalized spacial score (nSPS) is 17.2. The van der Waals surface area contributed by atoms with E-state index in [-0.39, 0.29) is 11.8 Å². The molecule has 3 N–H and O–H groups in total. The minimum absolute atomic E-state index is 0.0348. The molecule has 1 heterocycles. The summed E-state index contributed by atoms with van der Waals surface area (Å²) < 4.78 is 0. The lowest BCUT2D eigenvalue weighted by Gasteiger charge is -2.11. The Kier molecular flexibility index (Phi) is 6.40. The molecule has 0 bridgehead atoms. The van der Waals surface area contributed by atoms with Crippen molar-refractivity contribution in [3.05, 3.63) is 29.8 Å². The van der Waals surface area contributed by atoms with Crippen molar-refractivity contribution in [2.24, 2.45) is 0 Å². The standard InChI is InChI=1S/C17H25N3O2/c1-2-4-16(21)20-14-8-6-13(7-9-14)12-19-17(22)11-15-5-3-10-18-15/h6-9,15,18H,2-5,10-12H2,1H3,(H,19,22)(H,20,21). The molecule has 5 heteroatoms. The molecule has 1 aromatic rings. The summed E-state index contributed by atoms with van der Waals surface area (Å²) in [5.74, 6) is 0.118. The molecule has 120 valence electrons. The van der Waals surface area contributed by atoms with Gasteiger partial charge in [-0.25, -0.2) is 0 Å². The van der Waals surface area contributed by atoms with Gasteiger partial charge in [-0.2, -0.15) is 0 Å². The molecule has 0 saturated carbocycles. The van der Waals surface area contributed by atoms with E-state index in [4.69, 9.17) is 0 Å². The van der Waals surface area contributed by atoms with E-state index >= 15 is 0 Å². The highest BCUT2D eigenvalue weighted by Gasteiger charge is 2.17. The molecule has 5 nitrogen and oxygen atoms in total. The Bertz CT molecular complexity index is 493. The fraction of sp³-hybridized carbons (Fsp3) is 0.529. The lowest BCUT2D eigenvalue weighted by molar-refractivity contribution is -0.121. The lowest BCUT2D eigenvalue weighted by atomic mass is 10.1. The molecule has 2 amide bonds. The summed E-state index contributed by atoms with van der Waals surface area (Å²) in [7, 11) is 0. The van der Waals surface area contributed by atoms with E-state index in [0.717, 1.165) is 37.1 Å². The third-order valence-electron chi connectivity index (χ3n) is 3.80. The molecule has 1 aliphatic heterocycles. The van der Waals surface area contributed by atoms with Gasteiger partial charge >= 0.3 is 0 Å². The highest BCUT2D eigenvalue weighted by Crippen LogP contribution is 2.11. The van der Waals surface area contributed by atoms with Crippen LogP contribution in [0.3, 0.4) is 0 Å². The van der Waals surface area contributed by atoms with Gasteiger partial charge in [0.1, 0.15) is 0 Å². The van der Waals surface area contributed by atoms with Gasteiger partial charge in [0.05, 0.1) is 0 Å². The number of anilines is 1. The fourth-order valence-corrected chi connectivity index (χ4v) is 2.58. The summed E-state index contributed by atoms with van der Waals surface area (Å²) in [6.07, 6.45) is 4.16. The molecule has 0 spiro atoms. The van der Waals surface area contributed by atoms with Crippen LogP contribution in [0.25, 0.3) is 0 Å². The summed E-state index contributed by atoms with van der Waals surface area (Å²) in [4.78, 5) is 23.4. The van der Waals surface area contributed by atoms with Crippen LogP contribution >= 0.6 is 0 Å². The predicted molar refractivity (Wildman–Crippen MR) is 87.5 cm³/mol. The molecule has 1 aromatic carbocycles. The van der Waals surface area contributed by atoms with Crippen LogP contribution in [0.5, 0.6) is 0 Å².